The Kier molecular flexibility index (Phi) is 4.01. The largest absolute Gasteiger partial charge is 0.368 e. The van der Waals surface area contributed by atoms with Crippen molar-refractivity contribution in [2.75, 3.05) is 16.8 Å². The van der Waals surface area contributed by atoms with Crippen LogP contribution in [0.4, 0.5) is 11.5 Å². The highest BCUT2D eigenvalue weighted by Gasteiger charge is 2.57. The first kappa shape index (κ1) is 19.0. The van der Waals surface area contributed by atoms with Crippen molar-refractivity contribution in [2.45, 2.75) is 25.7 Å². The molecule has 0 bridgehead atoms. The van der Waals surface area contributed by atoms with Crippen molar-refractivity contribution in [2.24, 2.45) is 5.73 Å². The number of primary amides is 1. The zero-order chi connectivity index (χ0) is 21.9. The molecule has 0 radical (unpaired) electrons. The Labute approximate surface area is 178 Å². The molecule has 31 heavy (non-hydrogen) atoms. The number of hydrogen-bond donors (Lipinski definition) is 2. The molecule has 1 aromatic heterocycles. The van der Waals surface area contributed by atoms with Crippen molar-refractivity contribution in [3.8, 4) is 5.69 Å². The fourth-order valence-electron chi connectivity index (χ4n) is 4.62. The van der Waals surface area contributed by atoms with Crippen molar-refractivity contribution >= 4 is 29.2 Å². The highest BCUT2D eigenvalue weighted by molar-refractivity contribution is 6.17. The molecule has 0 saturated carbocycles. The Hall–Kier alpha value is -3.94. The summed E-state index contributed by atoms with van der Waals surface area (Å²) in [7, 11) is 0. The average molecular weight is 415 g/mol. The molecule has 2 aliphatic heterocycles. The number of benzene rings is 2. The van der Waals surface area contributed by atoms with E-state index in [4.69, 9.17) is 5.73 Å². The van der Waals surface area contributed by atoms with Gasteiger partial charge in [-0.2, -0.15) is 5.10 Å². The first-order valence-corrected chi connectivity index (χ1v) is 9.98. The van der Waals surface area contributed by atoms with E-state index in [-0.39, 0.29) is 24.8 Å². The molecule has 3 N–H and O–H groups in total. The molecular formula is C23H21N5O3. The highest BCUT2D eigenvalue weighted by atomic mass is 16.2. The number of nitrogens with two attached hydrogens (primary N) is 1. The second kappa shape index (κ2) is 6.53. The lowest BCUT2D eigenvalue weighted by atomic mass is 9.72. The van der Waals surface area contributed by atoms with Gasteiger partial charge in [0, 0.05) is 17.7 Å². The second-order valence-electron chi connectivity index (χ2n) is 8.09. The first-order valence-electron chi connectivity index (χ1n) is 9.98. The van der Waals surface area contributed by atoms with Gasteiger partial charge in [0.15, 0.2) is 0 Å². The first-order chi connectivity index (χ1) is 14.8. The number of anilines is 2. The van der Waals surface area contributed by atoms with Gasteiger partial charge in [0.25, 0.3) is 0 Å². The lowest BCUT2D eigenvalue weighted by Gasteiger charge is -2.32. The number of amides is 3. The van der Waals surface area contributed by atoms with E-state index >= 15 is 0 Å². The lowest BCUT2D eigenvalue weighted by Crippen LogP contribution is -2.48. The summed E-state index contributed by atoms with van der Waals surface area (Å²) in [5.74, 6) is -0.791. The van der Waals surface area contributed by atoms with Gasteiger partial charge in [0.1, 0.15) is 17.8 Å². The topological polar surface area (TPSA) is 110 Å². The molecule has 2 aliphatic rings. The van der Waals surface area contributed by atoms with Crippen LogP contribution in [-0.2, 0) is 19.8 Å². The van der Waals surface area contributed by atoms with Gasteiger partial charge in [0.2, 0.25) is 17.7 Å². The third kappa shape index (κ3) is 2.61. The van der Waals surface area contributed by atoms with Crippen molar-refractivity contribution in [1.82, 2.24) is 9.78 Å². The Morgan fingerprint density at radius 2 is 1.90 bits per heavy atom. The van der Waals surface area contributed by atoms with E-state index in [0.29, 0.717) is 22.6 Å². The van der Waals surface area contributed by atoms with Crippen LogP contribution < -0.4 is 16.0 Å². The SMILES string of the molecule is Cc1ccc(-n2ncc3c2NC(=O)C[C@@]32C(=O)N(CC(N)=O)c3ccccc32)cc1C. The number of rotatable bonds is 3. The van der Waals surface area contributed by atoms with Crippen molar-refractivity contribution < 1.29 is 14.4 Å². The number of aromatic nitrogens is 2. The number of carbonyl (C=O) groups is 3. The van der Waals surface area contributed by atoms with Gasteiger partial charge in [-0.3, -0.25) is 14.4 Å². The van der Waals surface area contributed by atoms with Gasteiger partial charge in [-0.1, -0.05) is 24.3 Å². The van der Waals surface area contributed by atoms with Crippen LogP contribution in [0.15, 0.2) is 48.7 Å². The fraction of sp³-hybridized carbons (Fsp3) is 0.217. The zero-order valence-electron chi connectivity index (χ0n) is 17.2. The highest BCUT2D eigenvalue weighted by Crippen LogP contribution is 2.52. The molecule has 156 valence electrons. The Balaban J connectivity index is 1.74. The molecule has 3 amide bonds. The van der Waals surface area contributed by atoms with Crippen molar-refractivity contribution in [1.29, 1.82) is 0 Å². The van der Waals surface area contributed by atoms with Crippen LogP contribution in [-0.4, -0.2) is 34.0 Å². The van der Waals surface area contributed by atoms with Crippen LogP contribution in [0.3, 0.4) is 0 Å². The predicted octanol–water partition coefficient (Wildman–Crippen LogP) is 1.95. The number of nitrogens with one attached hydrogen (secondary N) is 1. The van der Waals surface area contributed by atoms with Gasteiger partial charge in [-0.25, -0.2) is 4.68 Å². The van der Waals surface area contributed by atoms with Crippen LogP contribution in [0.2, 0.25) is 0 Å². The summed E-state index contributed by atoms with van der Waals surface area (Å²) in [5, 5.41) is 7.42. The van der Waals surface area contributed by atoms with E-state index in [0.717, 1.165) is 16.8 Å². The molecule has 8 heteroatoms. The van der Waals surface area contributed by atoms with Crippen LogP contribution in [0.5, 0.6) is 0 Å². The van der Waals surface area contributed by atoms with Crippen LogP contribution in [0.1, 0.15) is 28.7 Å². The Bertz CT molecular complexity index is 1280. The monoisotopic (exact) mass is 415 g/mol. The third-order valence-corrected chi connectivity index (χ3v) is 6.23. The van der Waals surface area contributed by atoms with Gasteiger partial charge in [-0.15, -0.1) is 0 Å². The smallest absolute Gasteiger partial charge is 0.243 e. The molecule has 1 atom stereocenters. The standard InChI is InChI=1S/C23H21N5O3/c1-13-7-8-15(9-14(13)2)28-21-17(11-25-28)23(10-20(30)26-21)16-5-3-4-6-18(16)27(22(23)31)12-19(24)29/h3-9,11H,10,12H2,1-2H3,(H2,24,29)(H,26,30)/t23-/m0/s1. The molecule has 5 rings (SSSR count). The number of para-hydroxylation sites is 1. The maximum absolute atomic E-state index is 13.7. The maximum Gasteiger partial charge on any atom is 0.243 e. The summed E-state index contributed by atoms with van der Waals surface area (Å²) < 4.78 is 1.65. The van der Waals surface area contributed by atoms with E-state index < -0.39 is 11.3 Å². The summed E-state index contributed by atoms with van der Waals surface area (Å²) in [5.41, 5.74) is 9.06. The average Bonchev–Trinajstić information content (AvgIpc) is 3.25. The van der Waals surface area contributed by atoms with Crippen LogP contribution in [0, 0.1) is 13.8 Å². The molecule has 8 nitrogen and oxygen atoms in total. The lowest BCUT2D eigenvalue weighted by molar-refractivity contribution is -0.127. The van der Waals surface area contributed by atoms with Gasteiger partial charge < -0.3 is 16.0 Å². The maximum atomic E-state index is 13.7. The molecular weight excluding hydrogens is 394 g/mol. The number of aryl methyl sites for hydroxylation is 2. The molecule has 0 saturated heterocycles. The molecule has 2 aromatic carbocycles. The fourth-order valence-corrected chi connectivity index (χ4v) is 4.62. The zero-order valence-corrected chi connectivity index (χ0v) is 17.2. The summed E-state index contributed by atoms with van der Waals surface area (Å²) in [6, 6.07) is 13.1. The van der Waals surface area contributed by atoms with E-state index in [2.05, 4.69) is 10.4 Å². The quantitative estimate of drug-likeness (QED) is 0.681. The molecule has 3 heterocycles. The van der Waals surface area contributed by atoms with E-state index in [1.165, 1.54) is 4.90 Å². The van der Waals surface area contributed by atoms with Crippen molar-refractivity contribution in [3.63, 3.8) is 0 Å². The number of fused-ring (bicyclic) bond motifs is 4. The number of carbonyl (C=O) groups excluding carboxylic acids is 3. The Morgan fingerprint density at radius 3 is 2.65 bits per heavy atom. The van der Waals surface area contributed by atoms with Crippen molar-refractivity contribution in [3.05, 3.63) is 70.9 Å². The van der Waals surface area contributed by atoms with E-state index in [1.807, 2.05) is 44.2 Å². The number of hydrogen-bond acceptors (Lipinski definition) is 4. The van der Waals surface area contributed by atoms with E-state index in [1.54, 1.807) is 23.0 Å². The minimum absolute atomic E-state index is 0.0657. The number of nitrogens with zero attached hydrogens (tertiary/aromatic N) is 3. The minimum Gasteiger partial charge on any atom is -0.368 e. The normalized spacial score (nSPS) is 19.4. The third-order valence-electron chi connectivity index (χ3n) is 6.23. The summed E-state index contributed by atoms with van der Waals surface area (Å²) in [6.45, 7) is 3.78. The van der Waals surface area contributed by atoms with E-state index in [9.17, 15) is 14.4 Å². The summed E-state index contributed by atoms with van der Waals surface area (Å²) >= 11 is 0. The molecule has 1 spiro atoms. The Morgan fingerprint density at radius 1 is 1.13 bits per heavy atom. The summed E-state index contributed by atoms with van der Waals surface area (Å²) in [4.78, 5) is 39.6. The van der Waals surface area contributed by atoms with Crippen LogP contribution in [0.25, 0.3) is 5.69 Å². The predicted molar refractivity (Wildman–Crippen MR) is 115 cm³/mol. The molecule has 0 aliphatic carbocycles. The minimum atomic E-state index is -1.25. The van der Waals surface area contributed by atoms with Gasteiger partial charge in [-0.05, 0) is 48.7 Å². The van der Waals surface area contributed by atoms with Crippen LogP contribution >= 0.6 is 0 Å². The summed E-state index contributed by atoms with van der Waals surface area (Å²) in [6.07, 6.45) is 1.57. The van der Waals surface area contributed by atoms with Gasteiger partial charge in [0.05, 0.1) is 11.9 Å². The molecule has 0 unspecified atom stereocenters. The second-order valence-corrected chi connectivity index (χ2v) is 8.09. The molecule has 3 aromatic rings. The molecule has 0 fully saturated rings. The van der Waals surface area contributed by atoms with Gasteiger partial charge >= 0.3 is 0 Å².